The van der Waals surface area contributed by atoms with E-state index in [9.17, 15) is 5.11 Å². The van der Waals surface area contributed by atoms with Gasteiger partial charge >= 0.3 is 0 Å². The summed E-state index contributed by atoms with van der Waals surface area (Å²) < 4.78 is 9.60. The monoisotopic (exact) mass is 413 g/mol. The fourth-order valence-electron chi connectivity index (χ4n) is 3.50. The van der Waals surface area contributed by atoms with Gasteiger partial charge in [-0.05, 0) is 73.9 Å². The van der Waals surface area contributed by atoms with E-state index in [1.807, 2.05) is 54.1 Å². The SMILES string of the molecule is CSc1ccc(-n2c(O)c(C)n(-c3ccc(N4CCOCC4)cc3)c2=S)cc1. The van der Waals surface area contributed by atoms with Crippen LogP contribution in [-0.4, -0.2) is 46.8 Å². The van der Waals surface area contributed by atoms with Crippen LogP contribution in [0.3, 0.4) is 0 Å². The molecule has 3 aromatic rings. The van der Waals surface area contributed by atoms with Gasteiger partial charge in [0, 0.05) is 29.4 Å². The number of rotatable bonds is 4. The third kappa shape index (κ3) is 3.45. The van der Waals surface area contributed by atoms with Gasteiger partial charge < -0.3 is 14.7 Å². The fraction of sp³-hybridized carbons (Fsp3) is 0.286. The number of hydrogen-bond acceptors (Lipinski definition) is 5. The number of aromatic hydroxyl groups is 1. The van der Waals surface area contributed by atoms with Crippen molar-refractivity contribution in [2.45, 2.75) is 11.8 Å². The van der Waals surface area contributed by atoms with E-state index in [2.05, 4.69) is 17.0 Å². The Morgan fingerprint density at radius 3 is 2.04 bits per heavy atom. The van der Waals surface area contributed by atoms with Crippen molar-refractivity contribution < 1.29 is 9.84 Å². The first-order valence-corrected chi connectivity index (χ1v) is 10.8. The van der Waals surface area contributed by atoms with Gasteiger partial charge in [-0.2, -0.15) is 0 Å². The highest BCUT2D eigenvalue weighted by atomic mass is 32.2. The molecule has 1 aliphatic heterocycles. The zero-order valence-corrected chi connectivity index (χ0v) is 17.6. The van der Waals surface area contributed by atoms with Crippen LogP contribution in [0, 0.1) is 11.7 Å². The lowest BCUT2D eigenvalue weighted by Crippen LogP contribution is -2.36. The van der Waals surface area contributed by atoms with E-state index in [-0.39, 0.29) is 5.88 Å². The molecule has 1 aliphatic rings. The largest absolute Gasteiger partial charge is 0.493 e. The molecule has 5 nitrogen and oxygen atoms in total. The van der Waals surface area contributed by atoms with Gasteiger partial charge in [0.15, 0.2) is 4.77 Å². The van der Waals surface area contributed by atoms with Crippen LogP contribution >= 0.6 is 24.0 Å². The molecule has 0 unspecified atom stereocenters. The number of aromatic nitrogens is 2. The molecule has 7 heteroatoms. The Bertz CT molecular complexity index is 1020. The molecule has 2 aromatic carbocycles. The number of benzene rings is 2. The van der Waals surface area contributed by atoms with Gasteiger partial charge in [-0.1, -0.05) is 0 Å². The summed E-state index contributed by atoms with van der Waals surface area (Å²) >= 11 is 7.40. The van der Waals surface area contributed by atoms with Crippen LogP contribution in [-0.2, 0) is 4.74 Å². The van der Waals surface area contributed by atoms with Crippen molar-refractivity contribution in [3.63, 3.8) is 0 Å². The highest BCUT2D eigenvalue weighted by Gasteiger charge is 2.17. The first-order valence-electron chi connectivity index (χ1n) is 9.21. The smallest absolute Gasteiger partial charge is 0.218 e. The molecular weight excluding hydrogens is 390 g/mol. The molecule has 0 bridgehead atoms. The maximum atomic E-state index is 10.7. The average molecular weight is 414 g/mol. The van der Waals surface area contributed by atoms with Crippen LogP contribution in [0.2, 0.25) is 0 Å². The molecule has 0 atom stereocenters. The molecule has 0 amide bonds. The lowest BCUT2D eigenvalue weighted by molar-refractivity contribution is 0.122. The van der Waals surface area contributed by atoms with Crippen molar-refractivity contribution in [2.75, 3.05) is 37.5 Å². The van der Waals surface area contributed by atoms with Crippen molar-refractivity contribution in [1.82, 2.24) is 9.13 Å². The zero-order chi connectivity index (χ0) is 19.7. The fourth-order valence-corrected chi connectivity index (χ4v) is 4.34. The summed E-state index contributed by atoms with van der Waals surface area (Å²) in [6.07, 6.45) is 2.04. The van der Waals surface area contributed by atoms with E-state index >= 15 is 0 Å². The summed E-state index contributed by atoms with van der Waals surface area (Å²) in [5, 5.41) is 10.7. The molecule has 28 heavy (non-hydrogen) atoms. The van der Waals surface area contributed by atoms with Gasteiger partial charge in [-0.15, -0.1) is 11.8 Å². The second kappa shape index (κ2) is 8.03. The van der Waals surface area contributed by atoms with E-state index in [1.165, 1.54) is 10.6 Å². The van der Waals surface area contributed by atoms with Gasteiger partial charge in [0.05, 0.1) is 24.6 Å². The summed E-state index contributed by atoms with van der Waals surface area (Å²) in [4.78, 5) is 3.49. The van der Waals surface area contributed by atoms with E-state index in [0.717, 1.165) is 43.4 Å². The van der Waals surface area contributed by atoms with Gasteiger partial charge in [0.1, 0.15) is 0 Å². The van der Waals surface area contributed by atoms with Crippen LogP contribution in [0.4, 0.5) is 5.69 Å². The summed E-state index contributed by atoms with van der Waals surface area (Å²) in [5.74, 6) is 0.166. The first-order chi connectivity index (χ1) is 13.6. The minimum absolute atomic E-state index is 0.166. The number of anilines is 1. The van der Waals surface area contributed by atoms with Crippen molar-refractivity contribution in [3.8, 4) is 17.3 Å². The molecule has 0 aliphatic carbocycles. The maximum absolute atomic E-state index is 10.7. The van der Waals surface area contributed by atoms with Crippen LogP contribution in [0.1, 0.15) is 5.69 Å². The topological polar surface area (TPSA) is 42.6 Å². The van der Waals surface area contributed by atoms with E-state index in [0.29, 0.717) is 4.77 Å². The predicted molar refractivity (Wildman–Crippen MR) is 117 cm³/mol. The number of imidazole rings is 1. The highest BCUT2D eigenvalue weighted by molar-refractivity contribution is 7.98. The maximum Gasteiger partial charge on any atom is 0.218 e. The standard InChI is InChI=1S/C21H23N3O2S2/c1-15-20(25)24(18-7-9-19(28-2)10-8-18)21(27)23(15)17-5-3-16(4-6-17)22-11-13-26-14-12-22/h3-10,25H,11-14H2,1-2H3. The van der Waals surface area contributed by atoms with Gasteiger partial charge in [-0.25, -0.2) is 0 Å². The molecule has 0 spiro atoms. The van der Waals surface area contributed by atoms with Crippen LogP contribution in [0.25, 0.3) is 11.4 Å². The van der Waals surface area contributed by atoms with Crippen LogP contribution in [0.5, 0.6) is 5.88 Å². The van der Waals surface area contributed by atoms with Crippen molar-refractivity contribution in [1.29, 1.82) is 0 Å². The quantitative estimate of drug-likeness (QED) is 0.501. The predicted octanol–water partition coefficient (Wildman–Crippen LogP) is 4.57. The lowest BCUT2D eigenvalue weighted by Gasteiger charge is -2.29. The van der Waals surface area contributed by atoms with Gasteiger partial charge in [-0.3, -0.25) is 9.13 Å². The molecule has 0 radical (unpaired) electrons. The Balaban J connectivity index is 1.71. The Labute approximate surface area is 174 Å². The third-order valence-corrected chi connectivity index (χ3v) is 6.18. The van der Waals surface area contributed by atoms with E-state index in [4.69, 9.17) is 17.0 Å². The lowest BCUT2D eigenvalue weighted by atomic mass is 10.2. The minimum Gasteiger partial charge on any atom is -0.493 e. The van der Waals surface area contributed by atoms with Crippen molar-refractivity contribution in [2.24, 2.45) is 0 Å². The summed E-state index contributed by atoms with van der Waals surface area (Å²) in [7, 11) is 0. The van der Waals surface area contributed by atoms with Gasteiger partial charge in [0.2, 0.25) is 5.88 Å². The molecule has 1 fully saturated rings. The second-order valence-corrected chi connectivity index (χ2v) is 7.92. The van der Waals surface area contributed by atoms with Crippen LogP contribution < -0.4 is 4.90 Å². The van der Waals surface area contributed by atoms with Crippen molar-refractivity contribution in [3.05, 3.63) is 59.0 Å². The van der Waals surface area contributed by atoms with E-state index < -0.39 is 0 Å². The Hall–Kier alpha value is -2.22. The Kier molecular flexibility index (Phi) is 5.48. The molecule has 2 heterocycles. The molecule has 4 rings (SSSR count). The molecule has 1 saturated heterocycles. The highest BCUT2D eigenvalue weighted by Crippen LogP contribution is 2.29. The molecule has 1 aromatic heterocycles. The third-order valence-electron chi connectivity index (χ3n) is 5.07. The number of thioether (sulfide) groups is 1. The summed E-state index contributed by atoms with van der Waals surface area (Å²) in [5.41, 5.74) is 3.69. The number of hydrogen-bond donors (Lipinski definition) is 1. The molecule has 1 N–H and O–H groups in total. The summed E-state index contributed by atoms with van der Waals surface area (Å²) in [6, 6.07) is 16.3. The van der Waals surface area contributed by atoms with E-state index in [1.54, 1.807) is 16.3 Å². The first kappa shape index (κ1) is 19.1. The molecular formula is C21H23N3O2S2. The van der Waals surface area contributed by atoms with Crippen LogP contribution in [0.15, 0.2) is 53.4 Å². The Morgan fingerprint density at radius 1 is 0.893 bits per heavy atom. The normalized spacial score (nSPS) is 14.4. The number of morpholine rings is 1. The number of ether oxygens (including phenoxy) is 1. The molecule has 0 saturated carbocycles. The number of nitrogens with zero attached hydrogens (tertiary/aromatic N) is 3. The average Bonchev–Trinajstić information content (AvgIpc) is 2.97. The minimum atomic E-state index is 0.166. The van der Waals surface area contributed by atoms with Gasteiger partial charge in [0.25, 0.3) is 0 Å². The Morgan fingerprint density at radius 2 is 1.43 bits per heavy atom. The molecule has 146 valence electrons. The summed E-state index contributed by atoms with van der Waals surface area (Å²) in [6.45, 7) is 5.21. The zero-order valence-electron chi connectivity index (χ0n) is 16.0. The second-order valence-electron chi connectivity index (χ2n) is 6.68. The van der Waals surface area contributed by atoms with Crippen molar-refractivity contribution >= 4 is 29.7 Å².